The molecule has 2 aliphatic heterocycles. The minimum atomic E-state index is -1.64. The fraction of sp³-hybridized carbons (Fsp3) is 0.364. The molecule has 0 spiro atoms. The van der Waals surface area contributed by atoms with Crippen LogP contribution in [0.25, 0.3) is 0 Å². The lowest BCUT2D eigenvalue weighted by Gasteiger charge is -2.55. The number of hydrogen-bond acceptors (Lipinski definition) is 14. The molecule has 20 heteroatoms. The summed E-state index contributed by atoms with van der Waals surface area (Å²) in [6.45, 7) is 1.47. The summed E-state index contributed by atoms with van der Waals surface area (Å²) in [5.74, 6) is -3.10. The molecule has 0 aliphatic carbocycles. The summed E-state index contributed by atoms with van der Waals surface area (Å²) >= 11 is 3.67. The van der Waals surface area contributed by atoms with Crippen molar-refractivity contribution in [3.05, 3.63) is 77.5 Å². The van der Waals surface area contributed by atoms with Gasteiger partial charge in [-0.3, -0.25) is 24.2 Å². The van der Waals surface area contributed by atoms with Crippen LogP contribution in [0.1, 0.15) is 12.5 Å². The van der Waals surface area contributed by atoms with Crippen LogP contribution in [0.15, 0.2) is 77.1 Å². The van der Waals surface area contributed by atoms with E-state index in [9.17, 15) is 34.2 Å². The Morgan fingerprint density at radius 3 is 2.40 bits per heavy atom. The number of aliphatic carboxylic acids is 2. The van der Waals surface area contributed by atoms with E-state index in [0.717, 1.165) is 22.2 Å². The number of tetrazole rings is 1. The first-order valence-electron chi connectivity index (χ1n) is 15.8. The highest BCUT2D eigenvalue weighted by atomic mass is 32.2. The number of aromatic nitrogens is 4. The van der Waals surface area contributed by atoms with Crippen molar-refractivity contribution in [1.82, 2.24) is 30.4 Å². The number of nitrogens with two attached hydrogens (primary N) is 1. The molecule has 0 bridgehead atoms. The molecule has 3 amide bonds. The Bertz CT molecular complexity index is 1880. The summed E-state index contributed by atoms with van der Waals surface area (Å²) in [6, 6.07) is 18.3. The van der Waals surface area contributed by atoms with E-state index in [4.69, 9.17) is 15.7 Å². The lowest BCUT2D eigenvalue weighted by atomic mass is 9.98. The first-order chi connectivity index (χ1) is 25.4. The van der Waals surface area contributed by atoms with Crippen LogP contribution in [-0.4, -0.2) is 118 Å². The molecular weight excluding hydrogens is 747 g/mol. The number of hydrogen-bond donors (Lipinski definition) is 4. The molecule has 1 saturated heterocycles. The van der Waals surface area contributed by atoms with Crippen molar-refractivity contribution in [3.8, 4) is 6.07 Å². The zero-order valence-electron chi connectivity index (χ0n) is 28.8. The number of carboxylic acid groups (broad SMARTS) is 2. The molecule has 3 aromatic rings. The lowest BCUT2D eigenvalue weighted by molar-refractivity contribution is -0.192. The molecule has 0 saturated carbocycles. The van der Waals surface area contributed by atoms with Crippen molar-refractivity contribution in [1.29, 1.82) is 5.26 Å². The number of thioether (sulfide) groups is 3. The van der Waals surface area contributed by atoms with Gasteiger partial charge < -0.3 is 26.0 Å². The standard InChI is InChI=1S/C18H20N2O3.C15H17N7O5S3/c1-13(18(22)23)20(15-10-6-3-7-11-15)17(21)16(19)12-14-8-4-2-5-9-14;1-21-14(18-19-20-21)30-6-8-5-29-13-15(27-2,17-9(23)7-28-4-3-16)12(26)22(13)10(8)11(24)25/h2-11,13,16H,12,19H2,1H3,(H,22,23);13H,4-7H2,1-2H3,(H,17,23)(H,24,25)/t;13-,15+/m.1/s1. The average molecular weight is 784 g/mol. The fourth-order valence-corrected chi connectivity index (χ4v) is 8.24. The number of para-hydroxylation sites is 1. The third kappa shape index (κ3) is 9.54. The Kier molecular flexibility index (Phi) is 14.4. The van der Waals surface area contributed by atoms with Crippen molar-refractivity contribution in [2.24, 2.45) is 12.8 Å². The van der Waals surface area contributed by atoms with E-state index in [1.165, 1.54) is 47.1 Å². The molecule has 3 heterocycles. The van der Waals surface area contributed by atoms with Gasteiger partial charge in [-0.15, -0.1) is 28.6 Å². The Hall–Kier alpha value is -4.94. The van der Waals surface area contributed by atoms with Gasteiger partial charge in [-0.1, -0.05) is 60.3 Å². The van der Waals surface area contributed by atoms with Crippen LogP contribution < -0.4 is 16.0 Å². The number of carbonyl (C=O) groups is 5. The normalized spacial score (nSPS) is 18.7. The lowest BCUT2D eigenvalue weighted by Crippen LogP contribution is -2.80. The third-order valence-electron chi connectivity index (χ3n) is 7.95. The second-order valence-electron chi connectivity index (χ2n) is 11.5. The van der Waals surface area contributed by atoms with Gasteiger partial charge in [0, 0.05) is 31.4 Å². The molecule has 0 radical (unpaired) electrons. The predicted octanol–water partition coefficient (Wildman–Crippen LogP) is 1.33. The minimum Gasteiger partial charge on any atom is -0.480 e. The molecule has 1 aromatic heterocycles. The van der Waals surface area contributed by atoms with Crippen molar-refractivity contribution >= 4 is 70.6 Å². The zero-order valence-corrected chi connectivity index (χ0v) is 31.3. The Balaban J connectivity index is 0.000000245. The third-order valence-corrected chi connectivity index (χ3v) is 11.2. The average Bonchev–Trinajstić information content (AvgIpc) is 3.57. The van der Waals surface area contributed by atoms with E-state index in [1.54, 1.807) is 31.3 Å². The maximum absolute atomic E-state index is 12.9. The highest BCUT2D eigenvalue weighted by molar-refractivity contribution is 8.01. The highest BCUT2D eigenvalue weighted by Crippen LogP contribution is 2.47. The Labute approximate surface area is 317 Å². The molecule has 53 heavy (non-hydrogen) atoms. The van der Waals surface area contributed by atoms with E-state index in [-0.39, 0.29) is 23.0 Å². The maximum Gasteiger partial charge on any atom is 0.352 e. The monoisotopic (exact) mass is 783 g/mol. The smallest absolute Gasteiger partial charge is 0.352 e. The van der Waals surface area contributed by atoms with E-state index in [1.807, 2.05) is 42.5 Å². The molecule has 4 atom stereocenters. The second-order valence-corrected chi connectivity index (χ2v) is 14.5. The van der Waals surface area contributed by atoms with Crippen molar-refractivity contribution in [2.75, 3.05) is 35.0 Å². The van der Waals surface area contributed by atoms with Gasteiger partial charge >= 0.3 is 11.9 Å². The molecule has 2 aliphatic rings. The Morgan fingerprint density at radius 2 is 1.83 bits per heavy atom. The van der Waals surface area contributed by atoms with Crippen molar-refractivity contribution in [2.45, 2.75) is 41.7 Å². The number of fused-ring (bicyclic) bond motifs is 1. The molecule has 5 N–H and O–H groups in total. The number of carboxylic acids is 2. The number of anilines is 1. The zero-order chi connectivity index (χ0) is 38.7. The van der Waals surface area contributed by atoms with Crippen molar-refractivity contribution < 1.29 is 38.9 Å². The van der Waals surface area contributed by atoms with Gasteiger partial charge in [0.05, 0.1) is 23.6 Å². The van der Waals surface area contributed by atoms with E-state index in [2.05, 4.69) is 20.8 Å². The number of rotatable bonds is 15. The highest BCUT2D eigenvalue weighted by Gasteiger charge is 2.66. The SMILES string of the molecule is CC(C(=O)O)N(C(=O)C(N)Cc1ccccc1)c1ccccc1.CO[C@@]1(NC(=O)CSCC#N)C(=O)N2C(C(=O)O)=C(CSc3nnnn3C)CS[C@@H]21. The van der Waals surface area contributed by atoms with Crippen LogP contribution >= 0.6 is 35.3 Å². The molecule has 1 fully saturated rings. The fourth-order valence-electron chi connectivity index (χ4n) is 5.36. The number of nitriles is 1. The molecule has 17 nitrogen and oxygen atoms in total. The molecule has 2 aromatic carbocycles. The van der Waals surface area contributed by atoms with Crippen LogP contribution in [0.3, 0.4) is 0 Å². The van der Waals surface area contributed by atoms with E-state index >= 15 is 0 Å². The van der Waals surface area contributed by atoms with Gasteiger partial charge in [0.2, 0.25) is 17.0 Å². The molecular formula is C33H37N9O8S3. The van der Waals surface area contributed by atoms with Gasteiger partial charge in [0.1, 0.15) is 17.1 Å². The number of β-lactam (4-membered cyclic amide) rings is 1. The number of aryl methyl sites for hydroxylation is 1. The quantitative estimate of drug-likeness (QED) is 0.0735. The summed E-state index contributed by atoms with van der Waals surface area (Å²) in [4.78, 5) is 63.6. The first-order valence-corrected chi connectivity index (χ1v) is 19.0. The first kappa shape index (κ1) is 40.8. The number of ether oxygens (including phenoxy) is 1. The summed E-state index contributed by atoms with van der Waals surface area (Å²) < 4.78 is 6.83. The van der Waals surface area contributed by atoms with Gasteiger partial charge in [-0.05, 0) is 47.0 Å². The van der Waals surface area contributed by atoms with Crippen LogP contribution in [-0.2, 0) is 42.2 Å². The van der Waals surface area contributed by atoms with E-state index in [0.29, 0.717) is 28.6 Å². The summed E-state index contributed by atoms with van der Waals surface area (Å²) in [5, 5.41) is 41.1. The number of nitrogens with zero attached hydrogens (tertiary/aromatic N) is 7. The van der Waals surface area contributed by atoms with Crippen LogP contribution in [0.5, 0.6) is 0 Å². The molecule has 2 unspecified atom stereocenters. The number of nitrogens with one attached hydrogen (secondary N) is 1. The second kappa shape index (κ2) is 18.7. The van der Waals surface area contributed by atoms with Gasteiger partial charge in [-0.25, -0.2) is 14.3 Å². The van der Waals surface area contributed by atoms with Gasteiger partial charge in [0.25, 0.3) is 11.6 Å². The van der Waals surface area contributed by atoms with Crippen molar-refractivity contribution in [3.63, 3.8) is 0 Å². The van der Waals surface area contributed by atoms with Crippen LogP contribution in [0, 0.1) is 11.3 Å². The van der Waals surface area contributed by atoms with Gasteiger partial charge in [0.15, 0.2) is 0 Å². The number of benzene rings is 2. The largest absolute Gasteiger partial charge is 0.480 e. The number of methoxy groups -OCH3 is 1. The topological polar surface area (TPSA) is 247 Å². The minimum absolute atomic E-state index is 0.0153. The summed E-state index contributed by atoms with van der Waals surface area (Å²) in [6.07, 6.45) is 0.356. The van der Waals surface area contributed by atoms with Gasteiger partial charge in [-0.2, -0.15) is 5.26 Å². The predicted molar refractivity (Wildman–Crippen MR) is 197 cm³/mol. The maximum atomic E-state index is 12.9. The van der Waals surface area contributed by atoms with E-state index < -0.39 is 52.8 Å². The van der Waals surface area contributed by atoms with Crippen LogP contribution in [0.4, 0.5) is 5.69 Å². The summed E-state index contributed by atoms with van der Waals surface area (Å²) in [7, 11) is 2.96. The number of amides is 3. The Morgan fingerprint density at radius 1 is 1.17 bits per heavy atom. The molecule has 280 valence electrons. The van der Waals surface area contributed by atoms with Crippen LogP contribution in [0.2, 0.25) is 0 Å². The number of carbonyl (C=O) groups excluding carboxylic acids is 3. The summed E-state index contributed by atoms with van der Waals surface area (Å²) in [5.41, 5.74) is 6.29. The molecule has 5 rings (SSSR count).